The summed E-state index contributed by atoms with van der Waals surface area (Å²) in [6.45, 7) is 4.65. The Morgan fingerprint density at radius 1 is 1.19 bits per heavy atom. The molecule has 4 rings (SSSR count). The van der Waals surface area contributed by atoms with Crippen molar-refractivity contribution in [3.8, 4) is 0 Å². The second-order valence-electron chi connectivity index (χ2n) is 7.60. The summed E-state index contributed by atoms with van der Waals surface area (Å²) in [6, 6.07) is 12.3. The maximum atomic E-state index is 12.6. The lowest BCUT2D eigenvalue weighted by Gasteiger charge is -2.39. The molecule has 0 radical (unpaired) electrons. The van der Waals surface area contributed by atoms with Crippen LogP contribution in [0.1, 0.15) is 41.6 Å². The van der Waals surface area contributed by atoms with Crippen LogP contribution in [0.15, 0.2) is 40.8 Å². The lowest BCUT2D eigenvalue weighted by molar-refractivity contribution is -0.158. The minimum atomic E-state index is -0.486. The van der Waals surface area contributed by atoms with Gasteiger partial charge in [0.05, 0.1) is 12.1 Å². The Morgan fingerprint density at radius 3 is 2.58 bits per heavy atom. The number of amides is 1. The summed E-state index contributed by atoms with van der Waals surface area (Å²) < 4.78 is 12.2. The van der Waals surface area contributed by atoms with Gasteiger partial charge in [-0.1, -0.05) is 24.3 Å². The van der Waals surface area contributed by atoms with Crippen molar-refractivity contribution < 1.29 is 13.9 Å². The summed E-state index contributed by atoms with van der Waals surface area (Å²) in [5.41, 5.74) is 1.87. The van der Waals surface area contributed by atoms with Gasteiger partial charge >= 0.3 is 0 Å². The van der Waals surface area contributed by atoms with Crippen LogP contribution in [0.2, 0.25) is 0 Å². The Morgan fingerprint density at radius 2 is 1.92 bits per heavy atom. The summed E-state index contributed by atoms with van der Waals surface area (Å²) in [7, 11) is 3.57. The van der Waals surface area contributed by atoms with E-state index in [0.717, 1.165) is 49.6 Å². The van der Waals surface area contributed by atoms with E-state index >= 15 is 0 Å². The van der Waals surface area contributed by atoms with Gasteiger partial charge in [-0.05, 0) is 43.0 Å². The maximum absolute atomic E-state index is 12.6. The largest absolute Gasteiger partial charge is 0.465 e. The number of rotatable bonds is 3. The molecule has 5 heteroatoms. The van der Waals surface area contributed by atoms with Crippen LogP contribution in [0.5, 0.6) is 0 Å². The van der Waals surface area contributed by atoms with Crippen molar-refractivity contribution in [2.24, 2.45) is 0 Å². The summed E-state index contributed by atoms with van der Waals surface area (Å²) in [6.07, 6.45) is 1.29. The van der Waals surface area contributed by atoms with Crippen molar-refractivity contribution >= 4 is 5.91 Å². The van der Waals surface area contributed by atoms with Gasteiger partial charge in [-0.15, -0.1) is 0 Å². The van der Waals surface area contributed by atoms with Crippen LogP contribution in [-0.2, 0) is 21.7 Å². The minimum absolute atomic E-state index is 0.0165. The van der Waals surface area contributed by atoms with E-state index in [2.05, 4.69) is 11.0 Å². The van der Waals surface area contributed by atoms with Crippen LogP contribution >= 0.6 is 0 Å². The summed E-state index contributed by atoms with van der Waals surface area (Å²) in [4.78, 5) is 16.6. The van der Waals surface area contributed by atoms with E-state index in [-0.39, 0.29) is 11.5 Å². The molecule has 1 spiro atoms. The fourth-order valence-corrected chi connectivity index (χ4v) is 4.16. The van der Waals surface area contributed by atoms with Gasteiger partial charge < -0.3 is 14.1 Å². The number of likely N-dealkylation sites (tertiary alicyclic amines) is 1. The standard InChI is InChI=1S/C21H26N2O3/c1-15-8-9-16(25-15)14-23-12-10-21(11-13-23)18-7-5-4-6-17(18)19(26-21)20(24)22(2)3/h4-9,19H,10-14H2,1-3H3/t19-/m0/s1. The first kappa shape index (κ1) is 17.3. The number of fused-ring (bicyclic) bond motifs is 2. The lowest BCUT2D eigenvalue weighted by Crippen LogP contribution is -2.42. The second kappa shape index (κ2) is 6.56. The lowest BCUT2D eigenvalue weighted by atomic mass is 9.83. The third-order valence-electron chi connectivity index (χ3n) is 5.58. The minimum Gasteiger partial charge on any atom is -0.465 e. The molecule has 0 N–H and O–H groups in total. The zero-order chi connectivity index (χ0) is 18.3. The molecule has 1 atom stereocenters. The van der Waals surface area contributed by atoms with Crippen molar-refractivity contribution in [3.63, 3.8) is 0 Å². The molecule has 0 aliphatic carbocycles. The molecule has 2 aliphatic rings. The van der Waals surface area contributed by atoms with E-state index in [0.29, 0.717) is 0 Å². The predicted molar refractivity (Wildman–Crippen MR) is 98.6 cm³/mol. The molecule has 3 heterocycles. The Kier molecular flexibility index (Phi) is 4.37. The van der Waals surface area contributed by atoms with Gasteiger partial charge in [-0.3, -0.25) is 9.69 Å². The number of hydrogen-bond acceptors (Lipinski definition) is 4. The van der Waals surface area contributed by atoms with Crippen molar-refractivity contribution in [2.75, 3.05) is 27.2 Å². The third-order valence-corrected chi connectivity index (χ3v) is 5.58. The zero-order valence-corrected chi connectivity index (χ0v) is 15.7. The maximum Gasteiger partial charge on any atom is 0.255 e. The van der Waals surface area contributed by atoms with Crippen molar-refractivity contribution in [3.05, 3.63) is 59.0 Å². The first-order valence-corrected chi connectivity index (χ1v) is 9.24. The SMILES string of the molecule is Cc1ccc(CN2CCC3(CC2)O[C@H](C(=O)N(C)C)c2ccccc23)o1. The number of carbonyl (C=O) groups excluding carboxylic acids is 1. The van der Waals surface area contributed by atoms with Crippen LogP contribution in [0.3, 0.4) is 0 Å². The summed E-state index contributed by atoms with van der Waals surface area (Å²) >= 11 is 0. The second-order valence-corrected chi connectivity index (χ2v) is 7.60. The van der Waals surface area contributed by atoms with Gasteiger partial charge in [0.1, 0.15) is 11.5 Å². The molecular formula is C21H26N2O3. The fraction of sp³-hybridized carbons (Fsp3) is 0.476. The number of hydrogen-bond donors (Lipinski definition) is 0. The average molecular weight is 354 g/mol. The Bertz CT molecular complexity index is 803. The van der Waals surface area contributed by atoms with Gasteiger partial charge in [0.25, 0.3) is 5.91 Å². The monoisotopic (exact) mass is 354 g/mol. The quantitative estimate of drug-likeness (QED) is 0.849. The molecule has 5 nitrogen and oxygen atoms in total. The molecule has 2 aromatic rings. The van der Waals surface area contributed by atoms with Crippen LogP contribution in [0.25, 0.3) is 0 Å². The molecule has 1 aromatic heterocycles. The molecule has 2 aliphatic heterocycles. The number of carbonyl (C=O) groups is 1. The van der Waals surface area contributed by atoms with Crippen molar-refractivity contribution in [1.29, 1.82) is 0 Å². The number of likely N-dealkylation sites (N-methyl/N-ethyl adjacent to an activating group) is 1. The average Bonchev–Trinajstić information content (AvgIpc) is 3.18. The van der Waals surface area contributed by atoms with Crippen molar-refractivity contribution in [1.82, 2.24) is 9.80 Å². The smallest absolute Gasteiger partial charge is 0.255 e. The van der Waals surface area contributed by atoms with E-state index in [1.165, 1.54) is 5.56 Å². The highest BCUT2D eigenvalue weighted by atomic mass is 16.5. The van der Waals surface area contributed by atoms with Gasteiger partial charge in [-0.2, -0.15) is 0 Å². The highest BCUT2D eigenvalue weighted by molar-refractivity contribution is 5.83. The molecule has 1 amide bonds. The van der Waals surface area contributed by atoms with E-state index < -0.39 is 6.10 Å². The Balaban J connectivity index is 1.52. The Hall–Kier alpha value is -2.11. The van der Waals surface area contributed by atoms with E-state index in [1.807, 2.05) is 37.3 Å². The molecule has 138 valence electrons. The molecule has 0 unspecified atom stereocenters. The molecule has 26 heavy (non-hydrogen) atoms. The highest BCUT2D eigenvalue weighted by Crippen LogP contribution is 2.49. The molecular weight excluding hydrogens is 328 g/mol. The fourth-order valence-electron chi connectivity index (χ4n) is 4.16. The predicted octanol–water partition coefficient (Wildman–Crippen LogP) is 3.24. The summed E-state index contributed by atoms with van der Waals surface area (Å²) in [5, 5.41) is 0. The van der Waals surface area contributed by atoms with Crippen LogP contribution < -0.4 is 0 Å². The molecule has 1 aromatic carbocycles. The number of nitrogens with zero attached hydrogens (tertiary/aromatic N) is 2. The molecule has 0 saturated carbocycles. The molecule has 0 bridgehead atoms. The van der Waals surface area contributed by atoms with Crippen LogP contribution in [0, 0.1) is 6.92 Å². The third kappa shape index (κ3) is 2.95. The number of piperidine rings is 1. The van der Waals surface area contributed by atoms with Crippen LogP contribution in [-0.4, -0.2) is 42.9 Å². The number of benzene rings is 1. The topological polar surface area (TPSA) is 45.9 Å². The van der Waals surface area contributed by atoms with E-state index in [4.69, 9.17) is 9.15 Å². The first-order chi connectivity index (χ1) is 12.5. The zero-order valence-electron chi connectivity index (χ0n) is 15.7. The molecule has 1 saturated heterocycles. The van der Waals surface area contributed by atoms with Gasteiger partial charge in [0.15, 0.2) is 6.10 Å². The highest BCUT2D eigenvalue weighted by Gasteiger charge is 2.49. The van der Waals surface area contributed by atoms with Gasteiger partial charge in [-0.25, -0.2) is 0 Å². The van der Waals surface area contributed by atoms with Gasteiger partial charge in [0.2, 0.25) is 0 Å². The first-order valence-electron chi connectivity index (χ1n) is 9.24. The number of aryl methyl sites for hydroxylation is 1. The number of furan rings is 1. The normalized spacial score (nSPS) is 21.7. The number of ether oxygens (including phenoxy) is 1. The molecule has 1 fully saturated rings. The van der Waals surface area contributed by atoms with Crippen LogP contribution in [0.4, 0.5) is 0 Å². The van der Waals surface area contributed by atoms with E-state index in [1.54, 1.807) is 19.0 Å². The van der Waals surface area contributed by atoms with E-state index in [9.17, 15) is 4.79 Å². The summed E-state index contributed by atoms with van der Waals surface area (Å²) in [5.74, 6) is 1.97. The Labute approximate surface area is 154 Å². The van der Waals surface area contributed by atoms with Gasteiger partial charge in [0, 0.05) is 27.2 Å². The van der Waals surface area contributed by atoms with Crippen molar-refractivity contribution in [2.45, 2.75) is 38.0 Å².